The van der Waals surface area contributed by atoms with Gasteiger partial charge < -0.3 is 10.4 Å². The Balaban J connectivity index is 1.43. The van der Waals surface area contributed by atoms with Crippen LogP contribution < -0.4 is 15.1 Å². The molecule has 0 saturated carbocycles. The third-order valence-electron chi connectivity index (χ3n) is 7.18. The number of amides is 3. The molecule has 14 heteroatoms. The standard InChI is InChI=1S/C29H19ClF3N3O5S2/c30-15-7-5-14(6-8-15)21-22-23(26(40)36(25(22)39)19-4-2-1-3-18(19)29(31,32)33)42-27-24(21)43-28(41)35(27)13-20(38)34-16-9-11-17(37)12-10-16/h1-12,21-23,37H,13H2,(H,34,38)/t21-,22?,23?/m1/s1. The molecule has 2 unspecified atom stereocenters. The summed E-state index contributed by atoms with van der Waals surface area (Å²) < 4.78 is 42.9. The summed E-state index contributed by atoms with van der Waals surface area (Å²) >= 11 is 7.79. The van der Waals surface area contributed by atoms with Gasteiger partial charge in [-0.3, -0.25) is 23.7 Å². The van der Waals surface area contributed by atoms with Crippen LogP contribution in [0.25, 0.3) is 0 Å². The Hall–Kier alpha value is -4.07. The molecule has 2 aliphatic heterocycles. The minimum Gasteiger partial charge on any atom is -0.508 e. The maximum atomic E-state index is 13.9. The van der Waals surface area contributed by atoms with Gasteiger partial charge in [-0.1, -0.05) is 59.0 Å². The molecule has 1 fully saturated rings. The lowest BCUT2D eigenvalue weighted by Gasteiger charge is -2.30. The molecule has 3 atom stereocenters. The number of alkyl halides is 3. The van der Waals surface area contributed by atoms with Crippen LogP contribution in [0.15, 0.2) is 82.6 Å². The van der Waals surface area contributed by atoms with E-state index in [-0.39, 0.29) is 10.8 Å². The summed E-state index contributed by atoms with van der Waals surface area (Å²) in [5.74, 6) is -4.21. The van der Waals surface area contributed by atoms with E-state index in [1.165, 1.54) is 41.0 Å². The van der Waals surface area contributed by atoms with Crippen molar-refractivity contribution in [3.8, 4) is 5.75 Å². The number of thioether (sulfide) groups is 1. The molecular formula is C29H19ClF3N3O5S2. The summed E-state index contributed by atoms with van der Waals surface area (Å²) in [7, 11) is 0. The molecule has 8 nitrogen and oxygen atoms in total. The predicted octanol–water partition coefficient (Wildman–Crippen LogP) is 5.72. The highest BCUT2D eigenvalue weighted by molar-refractivity contribution is 8.00. The fraction of sp³-hybridized carbons (Fsp3) is 0.172. The average molecular weight is 646 g/mol. The second-order valence-electron chi connectivity index (χ2n) is 9.84. The Morgan fingerprint density at radius 3 is 2.30 bits per heavy atom. The van der Waals surface area contributed by atoms with E-state index in [0.29, 0.717) is 26.1 Å². The van der Waals surface area contributed by atoms with Crippen molar-refractivity contribution in [3.05, 3.63) is 103 Å². The highest BCUT2D eigenvalue weighted by Crippen LogP contribution is 2.54. The number of thiazole rings is 1. The minimum atomic E-state index is -4.82. The topological polar surface area (TPSA) is 109 Å². The number of hydrogen-bond acceptors (Lipinski definition) is 7. The summed E-state index contributed by atoms with van der Waals surface area (Å²) in [5, 5.41) is 11.6. The summed E-state index contributed by atoms with van der Waals surface area (Å²) in [6.45, 7) is -0.425. The number of halogens is 4. The van der Waals surface area contributed by atoms with Crippen LogP contribution in [0.1, 0.15) is 21.9 Å². The van der Waals surface area contributed by atoms with E-state index in [2.05, 4.69) is 5.32 Å². The Labute approximate surface area is 254 Å². The fourth-order valence-corrected chi connectivity index (χ4v) is 8.22. The molecule has 0 radical (unpaired) electrons. The van der Waals surface area contributed by atoms with Gasteiger partial charge in [-0.15, -0.1) is 0 Å². The fourth-order valence-electron chi connectivity index (χ4n) is 5.32. The van der Waals surface area contributed by atoms with E-state index in [0.717, 1.165) is 35.2 Å². The quantitative estimate of drug-likeness (QED) is 0.212. The average Bonchev–Trinajstić information content (AvgIpc) is 3.40. The second-order valence-corrected chi connectivity index (χ2v) is 12.4. The van der Waals surface area contributed by atoms with E-state index in [9.17, 15) is 37.5 Å². The number of para-hydroxylation sites is 1. The molecule has 3 amide bonds. The summed E-state index contributed by atoms with van der Waals surface area (Å²) in [5.41, 5.74) is -0.776. The molecule has 2 aliphatic rings. The van der Waals surface area contributed by atoms with Crippen LogP contribution in [0.3, 0.4) is 0 Å². The molecule has 220 valence electrons. The number of rotatable bonds is 5. The van der Waals surface area contributed by atoms with Crippen LogP contribution in [0.4, 0.5) is 24.5 Å². The zero-order valence-corrected chi connectivity index (χ0v) is 24.1. The number of hydrogen-bond donors (Lipinski definition) is 2. The van der Waals surface area contributed by atoms with Gasteiger partial charge in [0, 0.05) is 21.5 Å². The number of nitrogens with zero attached hydrogens (tertiary/aromatic N) is 2. The first-order chi connectivity index (χ1) is 20.4. The predicted molar refractivity (Wildman–Crippen MR) is 156 cm³/mol. The van der Waals surface area contributed by atoms with Crippen LogP contribution in [-0.4, -0.2) is 32.6 Å². The van der Waals surface area contributed by atoms with Crippen LogP contribution in [0.2, 0.25) is 5.02 Å². The minimum absolute atomic E-state index is 0.00277. The van der Waals surface area contributed by atoms with Crippen molar-refractivity contribution >= 4 is 63.8 Å². The van der Waals surface area contributed by atoms with Crippen molar-refractivity contribution in [1.82, 2.24) is 4.57 Å². The molecule has 0 aliphatic carbocycles. The largest absolute Gasteiger partial charge is 0.508 e. The third kappa shape index (κ3) is 5.21. The molecule has 2 N–H and O–H groups in total. The summed E-state index contributed by atoms with van der Waals surface area (Å²) in [6, 6.07) is 16.5. The van der Waals surface area contributed by atoms with Crippen molar-refractivity contribution in [2.75, 3.05) is 10.2 Å². The van der Waals surface area contributed by atoms with E-state index in [4.69, 9.17) is 11.6 Å². The zero-order chi connectivity index (χ0) is 30.6. The van der Waals surface area contributed by atoms with E-state index < -0.39 is 63.7 Å². The van der Waals surface area contributed by atoms with Crippen molar-refractivity contribution in [2.24, 2.45) is 5.92 Å². The van der Waals surface area contributed by atoms with Gasteiger partial charge in [0.05, 0.1) is 22.2 Å². The van der Waals surface area contributed by atoms with Crippen LogP contribution in [-0.2, 0) is 27.1 Å². The maximum absolute atomic E-state index is 13.9. The van der Waals surface area contributed by atoms with Gasteiger partial charge >= 0.3 is 11.0 Å². The van der Waals surface area contributed by atoms with E-state index in [1.807, 2.05) is 0 Å². The number of aromatic nitrogens is 1. The molecular weight excluding hydrogens is 627 g/mol. The highest BCUT2D eigenvalue weighted by Gasteiger charge is 2.57. The monoisotopic (exact) mass is 645 g/mol. The number of fused-ring (bicyclic) bond motifs is 2. The van der Waals surface area contributed by atoms with Crippen molar-refractivity contribution in [1.29, 1.82) is 0 Å². The van der Waals surface area contributed by atoms with Crippen LogP contribution >= 0.6 is 34.7 Å². The SMILES string of the molecule is O=C(Cn1c2c(sc1=O)[C@H](c1ccc(Cl)cc1)C1C(=O)N(c3ccccc3C(F)(F)F)C(=O)C1S2)Nc1ccc(O)cc1. The van der Waals surface area contributed by atoms with Gasteiger partial charge in [0.15, 0.2) is 0 Å². The molecule has 1 saturated heterocycles. The van der Waals surface area contributed by atoms with Gasteiger partial charge in [-0.25, -0.2) is 4.90 Å². The Morgan fingerprint density at radius 1 is 0.953 bits per heavy atom. The molecule has 0 bridgehead atoms. The van der Waals surface area contributed by atoms with E-state index in [1.54, 1.807) is 24.3 Å². The lowest BCUT2D eigenvalue weighted by atomic mass is 9.83. The first-order valence-electron chi connectivity index (χ1n) is 12.7. The number of nitrogens with one attached hydrogen (secondary N) is 1. The first kappa shape index (κ1) is 29.0. The summed E-state index contributed by atoms with van der Waals surface area (Å²) in [6.07, 6.45) is -4.82. The number of imide groups is 1. The normalized spacial score (nSPS) is 19.7. The molecule has 43 heavy (non-hydrogen) atoms. The molecule has 1 aromatic heterocycles. The number of carbonyl (C=O) groups excluding carboxylic acids is 3. The third-order valence-corrected chi connectivity index (χ3v) is 10.0. The first-order valence-corrected chi connectivity index (χ1v) is 14.8. The smallest absolute Gasteiger partial charge is 0.418 e. The number of carbonyl (C=O) groups is 3. The zero-order valence-electron chi connectivity index (χ0n) is 21.7. The highest BCUT2D eigenvalue weighted by atomic mass is 35.5. The van der Waals surface area contributed by atoms with Gasteiger partial charge in [-0.05, 0) is 54.1 Å². The van der Waals surface area contributed by atoms with Crippen molar-refractivity contribution in [3.63, 3.8) is 0 Å². The number of benzene rings is 3. The Kier molecular flexibility index (Phi) is 7.35. The Bertz CT molecular complexity index is 1820. The molecule has 3 heterocycles. The molecule has 6 rings (SSSR count). The number of anilines is 2. The molecule has 0 spiro atoms. The van der Waals surface area contributed by atoms with Gasteiger partial charge in [0.25, 0.3) is 0 Å². The molecule has 4 aromatic rings. The van der Waals surface area contributed by atoms with Gasteiger partial charge in [0.1, 0.15) is 17.5 Å². The number of aromatic hydroxyl groups is 1. The van der Waals surface area contributed by atoms with Crippen molar-refractivity contribution in [2.45, 2.75) is 28.9 Å². The lowest BCUT2D eigenvalue weighted by molar-refractivity contribution is -0.137. The van der Waals surface area contributed by atoms with E-state index >= 15 is 0 Å². The second kappa shape index (κ2) is 10.9. The summed E-state index contributed by atoms with van der Waals surface area (Å²) in [4.78, 5) is 54.4. The maximum Gasteiger partial charge on any atom is 0.418 e. The Morgan fingerprint density at radius 2 is 1.63 bits per heavy atom. The number of phenols is 1. The molecule has 3 aromatic carbocycles. The van der Waals surface area contributed by atoms with Gasteiger partial charge in [-0.2, -0.15) is 13.2 Å². The van der Waals surface area contributed by atoms with Crippen LogP contribution in [0.5, 0.6) is 5.75 Å². The number of phenolic OH excluding ortho intramolecular Hbond substituents is 1. The van der Waals surface area contributed by atoms with Crippen LogP contribution in [0, 0.1) is 5.92 Å². The lowest BCUT2D eigenvalue weighted by Crippen LogP contribution is -2.33. The van der Waals surface area contributed by atoms with Crippen molar-refractivity contribution < 1.29 is 32.7 Å². The van der Waals surface area contributed by atoms with Gasteiger partial charge in [0.2, 0.25) is 17.7 Å².